The average molecular weight is 472 g/mol. The normalized spacial score (nSPS) is 10.7. The van der Waals surface area contributed by atoms with Crippen LogP contribution in [-0.2, 0) is 9.53 Å². The standard InChI is InChI=1S/C22H15ClFN3O4S/c1-12-18(20(27-31-12)19-14(23)8-5-9-15(19)24)21(29)30-10-17(28)26-22-25-16(11-32-22)13-6-3-2-4-7-13/h2-9,11H,10H2,1H3,(H,25,26,28). The van der Waals surface area contributed by atoms with E-state index < -0.39 is 24.3 Å². The molecule has 10 heteroatoms. The number of nitrogens with zero attached hydrogens (tertiary/aromatic N) is 2. The number of nitrogens with one attached hydrogen (secondary N) is 1. The highest BCUT2D eigenvalue weighted by Crippen LogP contribution is 2.33. The first kappa shape index (κ1) is 21.7. The van der Waals surface area contributed by atoms with E-state index in [1.807, 2.05) is 35.7 Å². The summed E-state index contributed by atoms with van der Waals surface area (Å²) in [6, 6.07) is 13.6. The summed E-state index contributed by atoms with van der Waals surface area (Å²) < 4.78 is 24.4. The molecule has 4 rings (SSSR count). The van der Waals surface area contributed by atoms with Crippen LogP contribution in [0.4, 0.5) is 9.52 Å². The molecule has 2 aromatic carbocycles. The minimum absolute atomic E-state index is 0.0584. The number of halogens is 2. The first-order valence-corrected chi connectivity index (χ1v) is 10.6. The molecule has 0 aliphatic heterocycles. The molecule has 0 bridgehead atoms. The van der Waals surface area contributed by atoms with E-state index in [9.17, 15) is 14.0 Å². The largest absolute Gasteiger partial charge is 0.452 e. The second-order valence-electron chi connectivity index (χ2n) is 6.59. The van der Waals surface area contributed by atoms with Crippen molar-refractivity contribution in [2.45, 2.75) is 6.92 Å². The number of benzene rings is 2. The van der Waals surface area contributed by atoms with Gasteiger partial charge in [-0.05, 0) is 19.1 Å². The van der Waals surface area contributed by atoms with Crippen LogP contribution < -0.4 is 5.32 Å². The minimum Gasteiger partial charge on any atom is -0.452 e. The smallest absolute Gasteiger partial charge is 0.344 e. The summed E-state index contributed by atoms with van der Waals surface area (Å²) in [7, 11) is 0. The quantitative estimate of drug-likeness (QED) is 0.380. The van der Waals surface area contributed by atoms with Crippen LogP contribution in [0.3, 0.4) is 0 Å². The van der Waals surface area contributed by atoms with Crippen LogP contribution in [0.1, 0.15) is 16.1 Å². The molecule has 1 amide bonds. The van der Waals surface area contributed by atoms with Gasteiger partial charge in [-0.2, -0.15) is 0 Å². The van der Waals surface area contributed by atoms with Crippen molar-refractivity contribution < 1.29 is 23.2 Å². The second-order valence-corrected chi connectivity index (χ2v) is 7.85. The fourth-order valence-electron chi connectivity index (χ4n) is 2.94. The van der Waals surface area contributed by atoms with Gasteiger partial charge in [0, 0.05) is 10.9 Å². The minimum atomic E-state index is -0.891. The Morgan fingerprint density at radius 2 is 1.97 bits per heavy atom. The van der Waals surface area contributed by atoms with Crippen molar-refractivity contribution in [1.29, 1.82) is 0 Å². The number of rotatable bonds is 6. The van der Waals surface area contributed by atoms with Gasteiger partial charge in [0.25, 0.3) is 5.91 Å². The molecule has 1 N–H and O–H groups in total. The zero-order chi connectivity index (χ0) is 22.7. The molecule has 0 spiro atoms. The summed E-state index contributed by atoms with van der Waals surface area (Å²) >= 11 is 7.32. The highest BCUT2D eigenvalue weighted by Gasteiger charge is 2.27. The van der Waals surface area contributed by atoms with E-state index in [-0.39, 0.29) is 27.6 Å². The van der Waals surface area contributed by atoms with Gasteiger partial charge in [-0.3, -0.25) is 10.1 Å². The van der Waals surface area contributed by atoms with Crippen LogP contribution in [0.2, 0.25) is 5.02 Å². The molecule has 32 heavy (non-hydrogen) atoms. The zero-order valence-corrected chi connectivity index (χ0v) is 18.2. The van der Waals surface area contributed by atoms with E-state index >= 15 is 0 Å². The third-order valence-corrected chi connectivity index (χ3v) is 5.49. The Bertz CT molecular complexity index is 1270. The number of carbonyl (C=O) groups is 2. The number of esters is 1. The summed E-state index contributed by atoms with van der Waals surface area (Å²) in [5.41, 5.74) is 1.35. The van der Waals surface area contributed by atoms with Gasteiger partial charge in [-0.1, -0.05) is 53.2 Å². The molecule has 162 valence electrons. The number of hydrogen-bond acceptors (Lipinski definition) is 7. The lowest BCUT2D eigenvalue weighted by molar-refractivity contribution is -0.119. The van der Waals surface area contributed by atoms with Crippen molar-refractivity contribution in [3.8, 4) is 22.5 Å². The Morgan fingerprint density at radius 3 is 2.72 bits per heavy atom. The van der Waals surface area contributed by atoms with Gasteiger partial charge >= 0.3 is 5.97 Å². The number of aromatic nitrogens is 2. The maximum absolute atomic E-state index is 14.3. The third kappa shape index (κ3) is 4.53. The molecule has 0 radical (unpaired) electrons. The van der Waals surface area contributed by atoms with Gasteiger partial charge in [0.05, 0.1) is 16.3 Å². The van der Waals surface area contributed by atoms with Gasteiger partial charge in [0.1, 0.15) is 22.8 Å². The molecule has 0 saturated heterocycles. The second kappa shape index (κ2) is 9.29. The molecule has 7 nitrogen and oxygen atoms in total. The molecular formula is C22H15ClFN3O4S. The zero-order valence-electron chi connectivity index (χ0n) is 16.6. The van der Waals surface area contributed by atoms with Crippen molar-refractivity contribution in [3.63, 3.8) is 0 Å². The summed E-state index contributed by atoms with van der Waals surface area (Å²) in [5.74, 6) is -2.03. The van der Waals surface area contributed by atoms with Crippen molar-refractivity contribution in [2.75, 3.05) is 11.9 Å². The molecule has 0 fully saturated rings. The number of anilines is 1. The van der Waals surface area contributed by atoms with Crippen LogP contribution in [0, 0.1) is 12.7 Å². The molecular weight excluding hydrogens is 457 g/mol. The van der Waals surface area contributed by atoms with Crippen LogP contribution >= 0.6 is 22.9 Å². The lowest BCUT2D eigenvalue weighted by Crippen LogP contribution is -2.21. The van der Waals surface area contributed by atoms with Crippen LogP contribution in [0.5, 0.6) is 0 Å². The van der Waals surface area contributed by atoms with Crippen LogP contribution in [-0.4, -0.2) is 28.6 Å². The van der Waals surface area contributed by atoms with Crippen molar-refractivity contribution in [1.82, 2.24) is 10.1 Å². The maximum Gasteiger partial charge on any atom is 0.344 e. The Hall–Kier alpha value is -3.56. The van der Waals surface area contributed by atoms with Gasteiger partial charge in [-0.15, -0.1) is 11.3 Å². The van der Waals surface area contributed by atoms with Crippen LogP contribution in [0.25, 0.3) is 22.5 Å². The first-order valence-electron chi connectivity index (χ1n) is 9.32. The van der Waals surface area contributed by atoms with E-state index in [0.717, 1.165) is 11.3 Å². The predicted octanol–water partition coefficient (Wildman–Crippen LogP) is 5.36. The fraction of sp³-hybridized carbons (Fsp3) is 0.0909. The number of carbonyl (C=O) groups excluding carboxylic acids is 2. The summed E-state index contributed by atoms with van der Waals surface area (Å²) in [4.78, 5) is 29.2. The van der Waals surface area contributed by atoms with E-state index in [0.29, 0.717) is 5.13 Å². The summed E-state index contributed by atoms with van der Waals surface area (Å²) in [6.07, 6.45) is 0. The molecule has 0 unspecified atom stereocenters. The number of ether oxygens (including phenoxy) is 1. The summed E-state index contributed by atoms with van der Waals surface area (Å²) in [6.45, 7) is 0.900. The monoisotopic (exact) mass is 471 g/mol. The molecule has 2 heterocycles. The van der Waals surface area contributed by atoms with E-state index in [1.54, 1.807) is 0 Å². The lowest BCUT2D eigenvalue weighted by Gasteiger charge is -2.07. The Morgan fingerprint density at radius 1 is 1.19 bits per heavy atom. The van der Waals surface area contributed by atoms with Crippen molar-refractivity contribution in [2.24, 2.45) is 0 Å². The van der Waals surface area contributed by atoms with E-state index in [4.69, 9.17) is 20.9 Å². The lowest BCUT2D eigenvalue weighted by atomic mass is 10.1. The van der Waals surface area contributed by atoms with Gasteiger partial charge < -0.3 is 9.26 Å². The van der Waals surface area contributed by atoms with Gasteiger partial charge in [0.2, 0.25) is 0 Å². The van der Waals surface area contributed by atoms with Crippen molar-refractivity contribution in [3.05, 3.63) is 76.1 Å². The number of aryl methyl sites for hydroxylation is 1. The van der Waals surface area contributed by atoms with Crippen molar-refractivity contribution >= 4 is 39.9 Å². The van der Waals surface area contributed by atoms with Gasteiger partial charge in [-0.25, -0.2) is 14.2 Å². The Labute approximate surface area is 190 Å². The average Bonchev–Trinajstić information content (AvgIpc) is 3.39. The molecule has 4 aromatic rings. The van der Waals surface area contributed by atoms with Gasteiger partial charge in [0.15, 0.2) is 11.7 Å². The highest BCUT2D eigenvalue weighted by molar-refractivity contribution is 7.14. The van der Waals surface area contributed by atoms with Crippen LogP contribution in [0.15, 0.2) is 58.4 Å². The predicted molar refractivity (Wildman–Crippen MR) is 118 cm³/mol. The first-order chi connectivity index (χ1) is 15.4. The number of amides is 1. The fourth-order valence-corrected chi connectivity index (χ4v) is 3.93. The van der Waals surface area contributed by atoms with E-state index in [2.05, 4.69) is 15.5 Å². The Kier molecular flexibility index (Phi) is 6.29. The van der Waals surface area contributed by atoms with E-state index in [1.165, 1.54) is 36.5 Å². The Balaban J connectivity index is 1.43. The number of thiazole rings is 1. The molecule has 0 aliphatic rings. The SMILES string of the molecule is Cc1onc(-c2c(F)cccc2Cl)c1C(=O)OCC(=O)Nc1nc(-c2ccccc2)cs1. The molecule has 2 aromatic heterocycles. The molecule has 0 aliphatic carbocycles. The topological polar surface area (TPSA) is 94.3 Å². The molecule has 0 atom stereocenters. The summed E-state index contributed by atoms with van der Waals surface area (Å²) in [5, 5.41) is 8.56. The molecule has 0 saturated carbocycles. The third-order valence-electron chi connectivity index (χ3n) is 4.42. The number of hydrogen-bond donors (Lipinski definition) is 1. The maximum atomic E-state index is 14.3. The highest BCUT2D eigenvalue weighted by atomic mass is 35.5.